The largest absolute Gasteiger partial charge is 0.465 e. The van der Waals surface area contributed by atoms with Gasteiger partial charge in [0.1, 0.15) is 4.32 Å². The third-order valence-corrected chi connectivity index (χ3v) is 7.05. The molecule has 0 aromatic heterocycles. The number of nitrogens with one attached hydrogen (secondary N) is 1. The van der Waals surface area contributed by atoms with E-state index >= 15 is 0 Å². The Morgan fingerprint density at radius 2 is 1.82 bits per heavy atom. The second-order valence-electron chi connectivity index (χ2n) is 8.05. The Morgan fingerprint density at radius 1 is 1.09 bits per heavy atom. The molecule has 0 saturated carbocycles. The topological polar surface area (TPSA) is 75.7 Å². The van der Waals surface area contributed by atoms with Crippen LogP contribution in [0.25, 0.3) is 6.08 Å². The van der Waals surface area contributed by atoms with Crippen molar-refractivity contribution in [3.05, 3.63) is 69.6 Å². The number of unbranched alkanes of at least 4 members (excludes halogenated alkanes) is 2. The maximum Gasteiger partial charge on any atom is 0.337 e. The SMILES string of the molecule is COC(=O)c1ccc(/C=C2\SC(=S)N(CCCCCC(=O)Nc3cccc(C)c3C)C2=O)cc1. The highest BCUT2D eigenvalue weighted by Gasteiger charge is 2.31. The molecule has 8 heteroatoms. The summed E-state index contributed by atoms with van der Waals surface area (Å²) < 4.78 is 5.24. The van der Waals surface area contributed by atoms with Crippen LogP contribution in [0.2, 0.25) is 0 Å². The molecule has 1 N–H and O–H groups in total. The van der Waals surface area contributed by atoms with E-state index in [2.05, 4.69) is 5.32 Å². The number of hydrogen-bond donors (Lipinski definition) is 1. The lowest BCUT2D eigenvalue weighted by atomic mass is 10.1. The van der Waals surface area contributed by atoms with Gasteiger partial charge >= 0.3 is 5.97 Å². The van der Waals surface area contributed by atoms with Gasteiger partial charge in [-0.05, 0) is 67.7 Å². The van der Waals surface area contributed by atoms with Crippen LogP contribution in [-0.4, -0.2) is 40.7 Å². The normalized spacial score (nSPS) is 14.6. The Kier molecular flexibility index (Phi) is 9.01. The Labute approximate surface area is 209 Å². The Morgan fingerprint density at radius 3 is 2.53 bits per heavy atom. The van der Waals surface area contributed by atoms with Crippen molar-refractivity contribution in [3.8, 4) is 0 Å². The molecule has 1 aliphatic rings. The molecule has 1 fully saturated rings. The summed E-state index contributed by atoms with van der Waals surface area (Å²) in [5.74, 6) is -0.513. The number of amides is 2. The molecule has 1 saturated heterocycles. The number of ether oxygens (including phenoxy) is 1. The molecule has 178 valence electrons. The van der Waals surface area contributed by atoms with E-state index in [-0.39, 0.29) is 11.8 Å². The summed E-state index contributed by atoms with van der Waals surface area (Å²) >= 11 is 6.68. The number of benzene rings is 2. The molecule has 0 spiro atoms. The van der Waals surface area contributed by atoms with Crippen LogP contribution in [0, 0.1) is 13.8 Å². The first-order valence-corrected chi connectivity index (χ1v) is 12.3. The van der Waals surface area contributed by atoms with Crippen LogP contribution >= 0.6 is 24.0 Å². The maximum atomic E-state index is 12.8. The number of thiocarbonyl (C=S) groups is 1. The fourth-order valence-electron chi connectivity index (χ4n) is 3.51. The second-order valence-corrected chi connectivity index (χ2v) is 9.73. The monoisotopic (exact) mass is 496 g/mol. The van der Waals surface area contributed by atoms with Gasteiger partial charge in [-0.2, -0.15) is 0 Å². The minimum absolute atomic E-state index is 0.000428. The average Bonchev–Trinajstić information content (AvgIpc) is 3.09. The third kappa shape index (κ3) is 6.55. The lowest BCUT2D eigenvalue weighted by molar-refractivity contribution is -0.122. The lowest BCUT2D eigenvalue weighted by Crippen LogP contribution is -2.29. The average molecular weight is 497 g/mol. The van der Waals surface area contributed by atoms with Crippen molar-refractivity contribution in [2.75, 3.05) is 19.0 Å². The first-order chi connectivity index (χ1) is 16.3. The van der Waals surface area contributed by atoms with E-state index in [9.17, 15) is 14.4 Å². The van der Waals surface area contributed by atoms with E-state index in [1.54, 1.807) is 35.2 Å². The highest BCUT2D eigenvalue weighted by molar-refractivity contribution is 8.26. The van der Waals surface area contributed by atoms with E-state index in [0.29, 0.717) is 27.8 Å². The molecular formula is C26H28N2O4S2. The van der Waals surface area contributed by atoms with Crippen LogP contribution in [-0.2, 0) is 14.3 Å². The fourth-order valence-corrected chi connectivity index (χ4v) is 4.82. The summed E-state index contributed by atoms with van der Waals surface area (Å²) in [6.45, 7) is 4.55. The van der Waals surface area contributed by atoms with Gasteiger partial charge in [0, 0.05) is 18.7 Å². The number of thioether (sulfide) groups is 1. The van der Waals surface area contributed by atoms with Gasteiger partial charge in [-0.3, -0.25) is 14.5 Å². The molecular weight excluding hydrogens is 468 g/mol. The minimum Gasteiger partial charge on any atom is -0.465 e. The van der Waals surface area contributed by atoms with Crippen LogP contribution in [0.3, 0.4) is 0 Å². The number of anilines is 1. The molecule has 0 bridgehead atoms. The van der Waals surface area contributed by atoms with Crippen molar-refractivity contribution in [3.63, 3.8) is 0 Å². The fraction of sp³-hybridized carbons (Fsp3) is 0.308. The minimum atomic E-state index is -0.402. The number of nitrogens with zero attached hydrogens (tertiary/aromatic N) is 1. The van der Waals surface area contributed by atoms with E-state index < -0.39 is 5.97 Å². The van der Waals surface area contributed by atoms with E-state index in [0.717, 1.165) is 41.6 Å². The zero-order valence-electron chi connectivity index (χ0n) is 19.6. The molecule has 1 heterocycles. The molecule has 2 aromatic rings. The van der Waals surface area contributed by atoms with Crippen molar-refractivity contribution >= 4 is 57.8 Å². The molecule has 3 rings (SSSR count). The first kappa shape index (κ1) is 25.6. The predicted octanol–water partition coefficient (Wildman–Crippen LogP) is 5.49. The zero-order valence-corrected chi connectivity index (χ0v) is 21.2. The van der Waals surface area contributed by atoms with Crippen LogP contribution in [0.1, 0.15) is 52.7 Å². The summed E-state index contributed by atoms with van der Waals surface area (Å²) in [7, 11) is 1.34. The van der Waals surface area contributed by atoms with Gasteiger partial charge in [0.25, 0.3) is 5.91 Å². The van der Waals surface area contributed by atoms with Crippen molar-refractivity contribution in [2.45, 2.75) is 39.5 Å². The summed E-state index contributed by atoms with van der Waals surface area (Å²) in [5.41, 5.74) is 4.35. The van der Waals surface area contributed by atoms with Gasteiger partial charge in [0.05, 0.1) is 17.6 Å². The number of rotatable bonds is 9. The molecule has 0 atom stereocenters. The molecule has 34 heavy (non-hydrogen) atoms. The van der Waals surface area contributed by atoms with E-state index in [1.807, 2.05) is 32.0 Å². The van der Waals surface area contributed by atoms with Gasteiger partial charge < -0.3 is 10.1 Å². The van der Waals surface area contributed by atoms with Crippen molar-refractivity contribution < 1.29 is 19.1 Å². The lowest BCUT2D eigenvalue weighted by Gasteiger charge is -2.14. The standard InChI is InChI=1S/C26H28N2O4S2/c1-17-8-7-9-21(18(17)2)27-23(29)10-5-4-6-15-28-24(30)22(34-26(28)33)16-19-11-13-20(14-12-19)25(31)32-3/h7-9,11-14,16H,4-6,10,15H2,1-3H3,(H,27,29)/b22-16-. The number of carbonyl (C=O) groups excluding carboxylic acids is 3. The molecule has 2 amide bonds. The highest BCUT2D eigenvalue weighted by atomic mass is 32.2. The van der Waals surface area contributed by atoms with Crippen LogP contribution < -0.4 is 5.32 Å². The Balaban J connectivity index is 1.44. The van der Waals surface area contributed by atoms with Gasteiger partial charge in [0.15, 0.2) is 0 Å². The molecule has 0 aliphatic carbocycles. The Bertz CT molecular complexity index is 1130. The van der Waals surface area contributed by atoms with E-state index in [1.165, 1.54) is 18.9 Å². The summed E-state index contributed by atoms with van der Waals surface area (Å²) in [5, 5.41) is 2.98. The van der Waals surface area contributed by atoms with E-state index in [4.69, 9.17) is 17.0 Å². The van der Waals surface area contributed by atoms with Gasteiger partial charge in [-0.15, -0.1) is 0 Å². The molecule has 1 aliphatic heterocycles. The number of carbonyl (C=O) groups is 3. The summed E-state index contributed by atoms with van der Waals surface area (Å²) in [6, 6.07) is 12.7. The van der Waals surface area contributed by atoms with Gasteiger partial charge in [-0.1, -0.05) is 54.7 Å². The number of aryl methyl sites for hydroxylation is 1. The summed E-state index contributed by atoms with van der Waals surface area (Å²) in [6.07, 6.45) is 4.55. The highest BCUT2D eigenvalue weighted by Crippen LogP contribution is 2.32. The van der Waals surface area contributed by atoms with Gasteiger partial charge in [-0.25, -0.2) is 4.79 Å². The molecule has 6 nitrogen and oxygen atoms in total. The predicted molar refractivity (Wildman–Crippen MR) is 141 cm³/mol. The zero-order chi connectivity index (χ0) is 24.7. The van der Waals surface area contributed by atoms with Crippen molar-refractivity contribution in [1.82, 2.24) is 4.90 Å². The van der Waals surface area contributed by atoms with Gasteiger partial charge in [0.2, 0.25) is 5.91 Å². The molecule has 0 unspecified atom stereocenters. The number of esters is 1. The quantitative estimate of drug-likeness (QED) is 0.214. The molecule has 2 aromatic carbocycles. The summed E-state index contributed by atoms with van der Waals surface area (Å²) in [4.78, 5) is 38.8. The number of methoxy groups -OCH3 is 1. The maximum absolute atomic E-state index is 12.8. The van der Waals surface area contributed by atoms with Crippen LogP contribution in [0.4, 0.5) is 5.69 Å². The van der Waals surface area contributed by atoms with Crippen molar-refractivity contribution in [2.24, 2.45) is 0 Å². The first-order valence-electron chi connectivity index (χ1n) is 11.1. The Hall–Kier alpha value is -2.97. The van der Waals surface area contributed by atoms with Crippen LogP contribution in [0.5, 0.6) is 0 Å². The third-order valence-electron chi connectivity index (χ3n) is 5.67. The second kappa shape index (κ2) is 11.9. The van der Waals surface area contributed by atoms with Crippen LogP contribution in [0.15, 0.2) is 47.4 Å². The number of hydrogen-bond acceptors (Lipinski definition) is 6. The molecule has 0 radical (unpaired) electrons. The smallest absolute Gasteiger partial charge is 0.337 e. The van der Waals surface area contributed by atoms with Crippen molar-refractivity contribution in [1.29, 1.82) is 0 Å².